The van der Waals surface area contributed by atoms with Gasteiger partial charge in [-0.1, -0.05) is 6.07 Å². The molecule has 3 heterocycles. The number of anilines is 1. The van der Waals surface area contributed by atoms with Gasteiger partial charge >= 0.3 is 0 Å². The zero-order chi connectivity index (χ0) is 20.8. The molecule has 1 amide bonds. The molecule has 0 aliphatic rings. The Hall–Kier alpha value is -3.81. The fourth-order valence-corrected chi connectivity index (χ4v) is 3.06. The van der Waals surface area contributed by atoms with Gasteiger partial charge in [0.25, 0.3) is 0 Å². The van der Waals surface area contributed by atoms with Crippen molar-refractivity contribution in [2.75, 3.05) is 19.0 Å². The highest BCUT2D eigenvalue weighted by atomic mass is 16.5. The summed E-state index contributed by atoms with van der Waals surface area (Å²) in [5.74, 6) is 1.47. The number of methoxy groups -OCH3 is 1. The van der Waals surface area contributed by atoms with Crippen molar-refractivity contribution in [1.82, 2.24) is 19.2 Å². The van der Waals surface area contributed by atoms with E-state index in [4.69, 9.17) is 9.47 Å². The normalized spacial score (nSPS) is 10.8. The van der Waals surface area contributed by atoms with E-state index < -0.39 is 0 Å². The quantitative estimate of drug-likeness (QED) is 0.432. The largest absolute Gasteiger partial charge is 0.497 e. The summed E-state index contributed by atoms with van der Waals surface area (Å²) in [6.07, 6.45) is 8.36. The van der Waals surface area contributed by atoms with Crippen molar-refractivity contribution in [3.63, 3.8) is 0 Å². The Kier molecular flexibility index (Phi) is 5.93. The maximum atomic E-state index is 12.2. The van der Waals surface area contributed by atoms with Crippen LogP contribution >= 0.6 is 0 Å². The Balaban J connectivity index is 1.21. The van der Waals surface area contributed by atoms with E-state index in [1.165, 1.54) is 0 Å². The van der Waals surface area contributed by atoms with Gasteiger partial charge < -0.3 is 19.2 Å². The first-order valence-electron chi connectivity index (χ1n) is 9.71. The number of fused-ring (bicyclic) bond motifs is 1. The van der Waals surface area contributed by atoms with E-state index in [0.717, 1.165) is 22.8 Å². The van der Waals surface area contributed by atoms with Crippen molar-refractivity contribution in [3.05, 3.63) is 72.9 Å². The molecule has 3 aromatic heterocycles. The molecule has 8 heteroatoms. The molecular weight excluding hydrogens is 382 g/mol. The third-order valence-electron chi connectivity index (χ3n) is 4.53. The molecule has 0 unspecified atom stereocenters. The van der Waals surface area contributed by atoms with Gasteiger partial charge in [-0.3, -0.25) is 9.48 Å². The molecule has 0 aliphatic heterocycles. The summed E-state index contributed by atoms with van der Waals surface area (Å²) in [5.41, 5.74) is 2.46. The van der Waals surface area contributed by atoms with Crippen LogP contribution in [0.25, 0.3) is 5.65 Å². The monoisotopic (exact) mass is 405 g/mol. The molecule has 4 aromatic rings. The van der Waals surface area contributed by atoms with Crippen LogP contribution in [0.5, 0.6) is 11.5 Å². The van der Waals surface area contributed by atoms with E-state index in [9.17, 15) is 4.79 Å². The number of imidazole rings is 1. The fraction of sp³-hybridized carbons (Fsp3) is 0.227. The molecule has 154 valence electrons. The minimum Gasteiger partial charge on any atom is -0.497 e. The predicted octanol–water partition coefficient (Wildman–Crippen LogP) is 3.39. The van der Waals surface area contributed by atoms with Crippen LogP contribution in [0, 0.1) is 0 Å². The summed E-state index contributed by atoms with van der Waals surface area (Å²) in [6, 6.07) is 13.2. The molecule has 0 radical (unpaired) electrons. The number of aromatic nitrogens is 4. The van der Waals surface area contributed by atoms with Crippen LogP contribution < -0.4 is 14.8 Å². The van der Waals surface area contributed by atoms with Gasteiger partial charge in [0.15, 0.2) is 0 Å². The van der Waals surface area contributed by atoms with Gasteiger partial charge in [-0.25, -0.2) is 4.98 Å². The third-order valence-corrected chi connectivity index (χ3v) is 4.53. The lowest BCUT2D eigenvalue weighted by molar-refractivity contribution is -0.116. The maximum absolute atomic E-state index is 12.2. The van der Waals surface area contributed by atoms with Crippen LogP contribution in [0.3, 0.4) is 0 Å². The van der Waals surface area contributed by atoms with Crippen molar-refractivity contribution in [1.29, 1.82) is 0 Å². The average molecular weight is 405 g/mol. The zero-order valence-corrected chi connectivity index (χ0v) is 16.7. The Morgan fingerprint density at radius 3 is 2.73 bits per heavy atom. The second-order valence-corrected chi connectivity index (χ2v) is 6.80. The van der Waals surface area contributed by atoms with Crippen molar-refractivity contribution in [3.8, 4) is 11.5 Å². The number of nitrogens with one attached hydrogen (secondary N) is 1. The topological polar surface area (TPSA) is 82.7 Å². The number of amides is 1. The molecule has 30 heavy (non-hydrogen) atoms. The highest BCUT2D eigenvalue weighted by Gasteiger charge is 2.07. The second-order valence-electron chi connectivity index (χ2n) is 6.80. The number of hydrogen-bond donors (Lipinski definition) is 1. The van der Waals surface area contributed by atoms with E-state index in [1.807, 2.05) is 59.3 Å². The van der Waals surface area contributed by atoms with E-state index >= 15 is 0 Å². The molecule has 1 N–H and O–H groups in total. The zero-order valence-electron chi connectivity index (χ0n) is 16.7. The lowest BCUT2D eigenvalue weighted by atomic mass is 10.3. The number of nitrogens with zero attached hydrogens (tertiary/aromatic N) is 4. The molecule has 0 aliphatic carbocycles. The van der Waals surface area contributed by atoms with Gasteiger partial charge in [-0.2, -0.15) is 5.10 Å². The number of carbonyl (C=O) groups excluding carboxylic acids is 1. The first-order chi connectivity index (χ1) is 14.7. The van der Waals surface area contributed by atoms with Gasteiger partial charge in [-0.05, 0) is 42.8 Å². The number of pyridine rings is 1. The summed E-state index contributed by atoms with van der Waals surface area (Å²) in [5, 5.41) is 7.17. The van der Waals surface area contributed by atoms with Gasteiger partial charge in [0.05, 0.1) is 37.8 Å². The van der Waals surface area contributed by atoms with E-state index in [-0.39, 0.29) is 5.91 Å². The highest BCUT2D eigenvalue weighted by Crippen LogP contribution is 2.17. The van der Waals surface area contributed by atoms with Crippen molar-refractivity contribution >= 4 is 17.2 Å². The molecule has 0 fully saturated rings. The van der Waals surface area contributed by atoms with Crippen molar-refractivity contribution in [2.24, 2.45) is 0 Å². The Morgan fingerprint density at radius 2 is 1.93 bits per heavy atom. The first kappa shape index (κ1) is 19.5. The SMILES string of the molecule is COc1ccc(OCCCC(=O)Nc2cnn(Cc3cn4ccccc4n3)c2)cc1. The van der Waals surface area contributed by atoms with Gasteiger partial charge in [0.1, 0.15) is 17.1 Å². The summed E-state index contributed by atoms with van der Waals surface area (Å²) < 4.78 is 14.5. The van der Waals surface area contributed by atoms with Gasteiger partial charge in [0, 0.05) is 25.0 Å². The molecule has 4 rings (SSSR count). The minimum absolute atomic E-state index is 0.0689. The summed E-state index contributed by atoms with van der Waals surface area (Å²) >= 11 is 0. The summed E-state index contributed by atoms with van der Waals surface area (Å²) in [6.45, 7) is 1.00. The number of rotatable bonds is 9. The van der Waals surface area contributed by atoms with E-state index in [1.54, 1.807) is 24.2 Å². The molecular formula is C22H23N5O3. The number of ether oxygens (including phenoxy) is 2. The van der Waals surface area contributed by atoms with Crippen LogP contribution in [0.1, 0.15) is 18.5 Å². The molecule has 1 aromatic carbocycles. The number of hydrogen-bond acceptors (Lipinski definition) is 5. The summed E-state index contributed by atoms with van der Waals surface area (Å²) in [7, 11) is 1.62. The molecule has 0 saturated carbocycles. The average Bonchev–Trinajstić information content (AvgIpc) is 3.37. The Morgan fingerprint density at radius 1 is 1.10 bits per heavy atom. The third kappa shape index (κ3) is 4.96. The molecule has 0 spiro atoms. The Bertz CT molecular complexity index is 1080. The first-order valence-corrected chi connectivity index (χ1v) is 9.71. The van der Waals surface area contributed by atoms with Gasteiger partial charge in [0.2, 0.25) is 5.91 Å². The van der Waals surface area contributed by atoms with Crippen LogP contribution in [-0.2, 0) is 11.3 Å². The van der Waals surface area contributed by atoms with Crippen LogP contribution in [0.4, 0.5) is 5.69 Å². The second kappa shape index (κ2) is 9.13. The fourth-order valence-electron chi connectivity index (χ4n) is 3.06. The van der Waals surface area contributed by atoms with Crippen molar-refractivity contribution in [2.45, 2.75) is 19.4 Å². The lowest BCUT2D eigenvalue weighted by Crippen LogP contribution is -2.12. The Labute approximate surface area is 174 Å². The van der Waals surface area contributed by atoms with Crippen molar-refractivity contribution < 1.29 is 14.3 Å². The maximum Gasteiger partial charge on any atom is 0.224 e. The van der Waals surface area contributed by atoms with Crippen LogP contribution in [-0.4, -0.2) is 38.8 Å². The molecule has 0 bridgehead atoms. The van der Waals surface area contributed by atoms with Crippen LogP contribution in [0.15, 0.2) is 67.3 Å². The number of benzene rings is 1. The molecule has 0 saturated heterocycles. The lowest BCUT2D eigenvalue weighted by Gasteiger charge is -2.07. The summed E-state index contributed by atoms with van der Waals surface area (Å²) in [4.78, 5) is 16.7. The molecule has 8 nitrogen and oxygen atoms in total. The van der Waals surface area contributed by atoms with Crippen LogP contribution in [0.2, 0.25) is 0 Å². The molecule has 0 atom stereocenters. The smallest absolute Gasteiger partial charge is 0.224 e. The van der Waals surface area contributed by atoms with E-state index in [0.29, 0.717) is 31.7 Å². The standard InChI is InChI=1S/C22H23N5O3/c1-29-19-7-9-20(10-8-19)30-12-4-6-22(28)25-17-13-23-27(15-17)16-18-14-26-11-3-2-5-21(26)24-18/h2-3,5,7-11,13-15H,4,6,12,16H2,1H3,(H,25,28). The minimum atomic E-state index is -0.0689. The number of carbonyl (C=O) groups is 1. The predicted molar refractivity (Wildman–Crippen MR) is 113 cm³/mol. The highest BCUT2D eigenvalue weighted by molar-refractivity contribution is 5.90. The van der Waals surface area contributed by atoms with Gasteiger partial charge in [-0.15, -0.1) is 0 Å². The van der Waals surface area contributed by atoms with E-state index in [2.05, 4.69) is 15.4 Å².